The van der Waals surface area contributed by atoms with Gasteiger partial charge in [0, 0.05) is 26.5 Å². The maximum Gasteiger partial charge on any atom is 0.161 e. The van der Waals surface area contributed by atoms with Crippen LogP contribution in [0.25, 0.3) is 31.7 Å². The number of benzene rings is 2. The molecule has 4 rings (SSSR count). The number of thiophene rings is 1. The zero-order valence-corrected chi connectivity index (χ0v) is 14.3. The van der Waals surface area contributed by atoms with Crippen LogP contribution in [-0.4, -0.2) is 9.97 Å². The zero-order valence-electron chi connectivity index (χ0n) is 13.5. The molecule has 0 saturated carbocycles. The highest BCUT2D eigenvalue weighted by molar-refractivity contribution is 7.25. The summed E-state index contributed by atoms with van der Waals surface area (Å²) in [6.45, 7) is 6.65. The predicted molar refractivity (Wildman–Crippen MR) is 99.1 cm³/mol. The van der Waals surface area contributed by atoms with Crippen molar-refractivity contribution < 1.29 is 0 Å². The van der Waals surface area contributed by atoms with E-state index in [0.29, 0.717) is 0 Å². The number of aromatic nitrogens is 2. The van der Waals surface area contributed by atoms with E-state index in [-0.39, 0.29) is 5.41 Å². The Labute approximate surface area is 139 Å². The minimum absolute atomic E-state index is 0.0332. The largest absolute Gasteiger partial charge is 0.232 e. The lowest BCUT2D eigenvalue weighted by Crippen LogP contribution is -2.15. The first-order valence-electron chi connectivity index (χ1n) is 7.79. The zero-order chi connectivity index (χ0) is 16.0. The van der Waals surface area contributed by atoms with Crippen LogP contribution in [0.1, 0.15) is 26.5 Å². The van der Waals surface area contributed by atoms with Crippen LogP contribution in [0, 0.1) is 0 Å². The first-order valence-corrected chi connectivity index (χ1v) is 8.61. The number of nitrogens with zero attached hydrogens (tertiary/aromatic N) is 2. The molecule has 0 unspecified atom stereocenters. The highest BCUT2D eigenvalue weighted by Gasteiger charge is 2.23. The van der Waals surface area contributed by atoms with E-state index in [1.165, 1.54) is 15.5 Å². The molecular formula is C20H18N2S. The third kappa shape index (κ3) is 2.41. The number of hydrogen-bond acceptors (Lipinski definition) is 3. The topological polar surface area (TPSA) is 25.8 Å². The fraction of sp³-hybridized carbons (Fsp3) is 0.200. The van der Waals surface area contributed by atoms with E-state index in [1.54, 1.807) is 11.3 Å². The van der Waals surface area contributed by atoms with E-state index >= 15 is 0 Å². The summed E-state index contributed by atoms with van der Waals surface area (Å²) in [6.07, 6.45) is 0. The molecule has 0 atom stereocenters. The summed E-state index contributed by atoms with van der Waals surface area (Å²) in [5.74, 6) is 0.814. The summed E-state index contributed by atoms with van der Waals surface area (Å²) < 4.78 is 1.27. The Bertz CT molecular complexity index is 995. The van der Waals surface area contributed by atoms with Gasteiger partial charge >= 0.3 is 0 Å². The average molecular weight is 318 g/mol. The van der Waals surface area contributed by atoms with Crippen LogP contribution in [0.4, 0.5) is 0 Å². The molecule has 0 saturated heterocycles. The molecule has 23 heavy (non-hydrogen) atoms. The SMILES string of the molecule is CC(C)(C)c1nc(-c2ccccc2)nc2sc3ccccc3c12. The van der Waals surface area contributed by atoms with Crippen LogP contribution in [-0.2, 0) is 5.41 Å². The van der Waals surface area contributed by atoms with Gasteiger partial charge in [0.05, 0.1) is 5.69 Å². The molecular weight excluding hydrogens is 300 g/mol. The van der Waals surface area contributed by atoms with E-state index in [9.17, 15) is 0 Å². The highest BCUT2D eigenvalue weighted by atomic mass is 32.1. The van der Waals surface area contributed by atoms with Crippen molar-refractivity contribution in [3.05, 3.63) is 60.3 Å². The van der Waals surface area contributed by atoms with Crippen LogP contribution in [0.5, 0.6) is 0 Å². The van der Waals surface area contributed by atoms with Crippen LogP contribution >= 0.6 is 11.3 Å². The second-order valence-corrected chi connectivity index (χ2v) is 7.82. The van der Waals surface area contributed by atoms with Gasteiger partial charge in [0.2, 0.25) is 0 Å². The van der Waals surface area contributed by atoms with Crippen molar-refractivity contribution in [3.63, 3.8) is 0 Å². The molecule has 0 bridgehead atoms. The van der Waals surface area contributed by atoms with Gasteiger partial charge in [-0.2, -0.15) is 0 Å². The van der Waals surface area contributed by atoms with Crippen LogP contribution in [0.3, 0.4) is 0 Å². The second kappa shape index (κ2) is 5.14. The molecule has 0 aliphatic rings. The quantitative estimate of drug-likeness (QED) is 0.442. The first-order chi connectivity index (χ1) is 11.0. The monoisotopic (exact) mass is 318 g/mol. The van der Waals surface area contributed by atoms with Gasteiger partial charge in [-0.25, -0.2) is 9.97 Å². The van der Waals surface area contributed by atoms with E-state index in [0.717, 1.165) is 21.9 Å². The van der Waals surface area contributed by atoms with Crippen molar-refractivity contribution in [1.29, 1.82) is 0 Å². The molecule has 114 valence electrons. The van der Waals surface area contributed by atoms with Gasteiger partial charge in [-0.15, -0.1) is 11.3 Å². The Kier molecular flexibility index (Phi) is 3.20. The Morgan fingerprint density at radius 3 is 2.26 bits per heavy atom. The second-order valence-electron chi connectivity index (χ2n) is 6.79. The molecule has 0 fully saturated rings. The number of fused-ring (bicyclic) bond motifs is 3. The molecule has 2 aromatic heterocycles. The molecule has 0 radical (unpaired) electrons. The Morgan fingerprint density at radius 2 is 1.52 bits per heavy atom. The minimum atomic E-state index is -0.0332. The van der Waals surface area contributed by atoms with E-state index in [4.69, 9.17) is 9.97 Å². The molecule has 0 spiro atoms. The normalized spacial score (nSPS) is 12.1. The third-order valence-corrected chi connectivity index (χ3v) is 5.05. The molecule has 0 amide bonds. The van der Waals surface area contributed by atoms with Crippen LogP contribution in [0.15, 0.2) is 54.6 Å². The molecule has 3 heteroatoms. The van der Waals surface area contributed by atoms with Gasteiger partial charge in [0.15, 0.2) is 5.82 Å². The third-order valence-electron chi connectivity index (χ3n) is 3.98. The van der Waals surface area contributed by atoms with Gasteiger partial charge in [-0.1, -0.05) is 69.3 Å². The van der Waals surface area contributed by atoms with Gasteiger partial charge in [0.1, 0.15) is 4.83 Å². The van der Waals surface area contributed by atoms with Crippen molar-refractivity contribution >= 4 is 31.6 Å². The average Bonchev–Trinajstić information content (AvgIpc) is 2.92. The molecule has 0 N–H and O–H groups in total. The Morgan fingerprint density at radius 1 is 0.826 bits per heavy atom. The molecule has 2 heterocycles. The maximum atomic E-state index is 4.96. The van der Waals surface area contributed by atoms with Gasteiger partial charge in [0.25, 0.3) is 0 Å². The summed E-state index contributed by atoms with van der Waals surface area (Å²) in [4.78, 5) is 10.9. The molecule has 2 aromatic carbocycles. The fourth-order valence-corrected chi connectivity index (χ4v) is 3.96. The minimum Gasteiger partial charge on any atom is -0.232 e. The van der Waals surface area contributed by atoms with Gasteiger partial charge < -0.3 is 0 Å². The smallest absolute Gasteiger partial charge is 0.161 e. The lowest BCUT2D eigenvalue weighted by molar-refractivity contribution is 0.575. The fourth-order valence-electron chi connectivity index (χ4n) is 2.88. The van der Waals surface area contributed by atoms with E-state index in [1.807, 2.05) is 18.2 Å². The Balaban J connectivity index is 2.12. The predicted octanol–water partition coefficient (Wildman–Crippen LogP) is 5.81. The standard InChI is InChI=1S/C20H18N2S/c1-20(2,3)17-16-14-11-7-8-12-15(14)23-19(16)22-18(21-17)13-9-5-4-6-10-13/h4-12H,1-3H3. The van der Waals surface area contributed by atoms with Crippen LogP contribution < -0.4 is 0 Å². The summed E-state index contributed by atoms with van der Waals surface area (Å²) in [6, 6.07) is 18.7. The molecule has 0 aliphatic heterocycles. The molecule has 2 nitrogen and oxygen atoms in total. The van der Waals surface area contributed by atoms with Crippen molar-refractivity contribution in [2.24, 2.45) is 0 Å². The molecule has 0 aliphatic carbocycles. The lowest BCUT2D eigenvalue weighted by atomic mass is 9.89. The molecule has 4 aromatic rings. The highest BCUT2D eigenvalue weighted by Crippen LogP contribution is 2.39. The van der Waals surface area contributed by atoms with Crippen molar-refractivity contribution in [2.75, 3.05) is 0 Å². The summed E-state index contributed by atoms with van der Waals surface area (Å²) >= 11 is 1.75. The lowest BCUT2D eigenvalue weighted by Gasteiger charge is -2.20. The van der Waals surface area contributed by atoms with Crippen LogP contribution in [0.2, 0.25) is 0 Å². The number of hydrogen-bond donors (Lipinski definition) is 0. The van der Waals surface area contributed by atoms with Crippen molar-refractivity contribution in [3.8, 4) is 11.4 Å². The summed E-state index contributed by atoms with van der Waals surface area (Å²) in [5, 5.41) is 2.47. The van der Waals surface area contributed by atoms with Gasteiger partial charge in [-0.3, -0.25) is 0 Å². The first kappa shape index (κ1) is 14.3. The van der Waals surface area contributed by atoms with E-state index < -0.39 is 0 Å². The Hall–Kier alpha value is -2.26. The van der Waals surface area contributed by atoms with E-state index in [2.05, 4.69) is 57.2 Å². The van der Waals surface area contributed by atoms with Crippen molar-refractivity contribution in [1.82, 2.24) is 9.97 Å². The summed E-state index contributed by atoms with van der Waals surface area (Å²) in [5.41, 5.74) is 2.16. The number of rotatable bonds is 1. The maximum absolute atomic E-state index is 4.96. The van der Waals surface area contributed by atoms with Gasteiger partial charge in [-0.05, 0) is 6.07 Å². The van der Waals surface area contributed by atoms with Crippen molar-refractivity contribution in [2.45, 2.75) is 26.2 Å². The summed E-state index contributed by atoms with van der Waals surface area (Å²) in [7, 11) is 0.